The van der Waals surface area contributed by atoms with Crippen molar-refractivity contribution in [3.05, 3.63) is 64.5 Å². The van der Waals surface area contributed by atoms with Crippen LogP contribution in [0.15, 0.2) is 53.9 Å². The lowest BCUT2D eigenvalue weighted by Gasteiger charge is -2.05. The Hall–Kier alpha value is -2.70. The third kappa shape index (κ3) is 4.91. The number of anilines is 2. The molecule has 0 aliphatic rings. The van der Waals surface area contributed by atoms with Crippen molar-refractivity contribution in [1.82, 2.24) is 4.98 Å². The van der Waals surface area contributed by atoms with E-state index in [0.29, 0.717) is 15.8 Å². The van der Waals surface area contributed by atoms with Gasteiger partial charge in [0.05, 0.1) is 12.1 Å². The fourth-order valence-corrected chi connectivity index (χ4v) is 3.20. The molecule has 132 valence electrons. The van der Waals surface area contributed by atoms with Gasteiger partial charge in [0.1, 0.15) is 0 Å². The predicted octanol–water partition coefficient (Wildman–Crippen LogP) is 4.60. The van der Waals surface area contributed by atoms with Crippen molar-refractivity contribution in [2.24, 2.45) is 0 Å². The van der Waals surface area contributed by atoms with E-state index in [4.69, 9.17) is 11.6 Å². The highest BCUT2D eigenvalue weighted by molar-refractivity contribution is 7.14. The monoisotopic (exact) mass is 385 g/mol. The molecule has 0 aliphatic heterocycles. The molecule has 0 bridgehead atoms. The summed E-state index contributed by atoms with van der Waals surface area (Å²) in [5.74, 6) is -0.273. The standard InChI is InChI=1S/C19H16ClN3O2S/c1-12(24)21-16-8-2-13(3-9-16)10-18(25)23-19-22-17(11-26-19)14-4-6-15(20)7-5-14/h2-9,11H,10H2,1H3,(H,21,24)(H,22,23,25). The summed E-state index contributed by atoms with van der Waals surface area (Å²) in [4.78, 5) is 27.7. The first-order valence-corrected chi connectivity index (χ1v) is 9.13. The number of hydrogen-bond donors (Lipinski definition) is 2. The number of hydrogen-bond acceptors (Lipinski definition) is 4. The van der Waals surface area contributed by atoms with E-state index in [1.807, 2.05) is 29.6 Å². The van der Waals surface area contributed by atoms with Crippen molar-refractivity contribution in [3.63, 3.8) is 0 Å². The van der Waals surface area contributed by atoms with E-state index in [1.54, 1.807) is 24.3 Å². The van der Waals surface area contributed by atoms with Crippen LogP contribution in [-0.2, 0) is 16.0 Å². The van der Waals surface area contributed by atoms with E-state index < -0.39 is 0 Å². The lowest BCUT2D eigenvalue weighted by molar-refractivity contribution is -0.116. The molecule has 1 aromatic heterocycles. The molecule has 0 aliphatic carbocycles. The SMILES string of the molecule is CC(=O)Nc1ccc(CC(=O)Nc2nc(-c3ccc(Cl)cc3)cs2)cc1. The van der Waals surface area contributed by atoms with Crippen LogP contribution in [0.25, 0.3) is 11.3 Å². The molecule has 5 nitrogen and oxygen atoms in total. The average Bonchev–Trinajstić information content (AvgIpc) is 3.05. The normalized spacial score (nSPS) is 10.4. The van der Waals surface area contributed by atoms with Crippen molar-refractivity contribution in [3.8, 4) is 11.3 Å². The predicted molar refractivity (Wildman–Crippen MR) is 106 cm³/mol. The van der Waals surface area contributed by atoms with Gasteiger partial charge in [0.15, 0.2) is 5.13 Å². The van der Waals surface area contributed by atoms with E-state index in [1.165, 1.54) is 18.3 Å². The topological polar surface area (TPSA) is 71.1 Å². The van der Waals surface area contributed by atoms with E-state index in [2.05, 4.69) is 15.6 Å². The molecule has 3 rings (SSSR count). The summed E-state index contributed by atoms with van der Waals surface area (Å²) in [7, 11) is 0. The molecule has 0 unspecified atom stereocenters. The van der Waals surface area contributed by atoms with Crippen molar-refractivity contribution in [2.45, 2.75) is 13.3 Å². The third-order valence-electron chi connectivity index (χ3n) is 3.53. The first-order chi connectivity index (χ1) is 12.5. The van der Waals surface area contributed by atoms with Gasteiger partial charge in [-0.15, -0.1) is 11.3 Å². The molecular weight excluding hydrogens is 370 g/mol. The molecule has 0 spiro atoms. The Morgan fingerprint density at radius 3 is 2.38 bits per heavy atom. The Morgan fingerprint density at radius 2 is 1.73 bits per heavy atom. The zero-order chi connectivity index (χ0) is 18.5. The molecule has 0 saturated heterocycles. The lowest BCUT2D eigenvalue weighted by Crippen LogP contribution is -2.14. The van der Waals surface area contributed by atoms with Gasteiger partial charge in [-0.05, 0) is 29.8 Å². The van der Waals surface area contributed by atoms with Gasteiger partial charge in [0.2, 0.25) is 11.8 Å². The summed E-state index contributed by atoms with van der Waals surface area (Å²) in [6, 6.07) is 14.5. The maximum absolute atomic E-state index is 12.2. The number of nitrogens with zero attached hydrogens (tertiary/aromatic N) is 1. The molecule has 0 fully saturated rings. The molecule has 3 aromatic rings. The van der Waals surface area contributed by atoms with Crippen LogP contribution in [-0.4, -0.2) is 16.8 Å². The molecule has 2 aromatic carbocycles. The zero-order valence-corrected chi connectivity index (χ0v) is 15.5. The first-order valence-electron chi connectivity index (χ1n) is 7.87. The van der Waals surface area contributed by atoms with Crippen LogP contribution >= 0.6 is 22.9 Å². The summed E-state index contributed by atoms with van der Waals surface area (Å²) in [6.45, 7) is 1.45. The molecule has 0 radical (unpaired) electrons. The van der Waals surface area contributed by atoms with E-state index in [0.717, 1.165) is 16.8 Å². The molecule has 2 amide bonds. The Balaban J connectivity index is 1.60. The Bertz CT molecular complexity index is 921. The van der Waals surface area contributed by atoms with Gasteiger partial charge in [-0.2, -0.15) is 0 Å². The Morgan fingerprint density at radius 1 is 1.04 bits per heavy atom. The van der Waals surface area contributed by atoms with E-state index in [-0.39, 0.29) is 18.2 Å². The fourth-order valence-electron chi connectivity index (χ4n) is 2.34. The van der Waals surface area contributed by atoms with Gasteiger partial charge < -0.3 is 10.6 Å². The van der Waals surface area contributed by atoms with Gasteiger partial charge in [-0.1, -0.05) is 35.9 Å². The number of carbonyl (C=O) groups is 2. The number of amides is 2. The number of halogens is 1. The number of thiazole rings is 1. The second-order valence-electron chi connectivity index (χ2n) is 5.65. The van der Waals surface area contributed by atoms with Gasteiger partial charge in [-0.25, -0.2) is 4.98 Å². The smallest absolute Gasteiger partial charge is 0.230 e. The van der Waals surface area contributed by atoms with Crippen LogP contribution < -0.4 is 10.6 Å². The number of rotatable bonds is 5. The maximum atomic E-state index is 12.2. The van der Waals surface area contributed by atoms with Crippen LogP contribution in [0.4, 0.5) is 10.8 Å². The summed E-state index contributed by atoms with van der Waals surface area (Å²) in [5, 5.41) is 8.61. The largest absolute Gasteiger partial charge is 0.326 e. The van der Waals surface area contributed by atoms with Crippen molar-refractivity contribution in [2.75, 3.05) is 10.6 Å². The second-order valence-corrected chi connectivity index (χ2v) is 6.94. The highest BCUT2D eigenvalue weighted by Gasteiger charge is 2.09. The summed E-state index contributed by atoms with van der Waals surface area (Å²) < 4.78 is 0. The van der Waals surface area contributed by atoms with Gasteiger partial charge in [0, 0.05) is 28.6 Å². The van der Waals surface area contributed by atoms with Crippen molar-refractivity contribution >= 4 is 45.6 Å². The van der Waals surface area contributed by atoms with Crippen LogP contribution in [0.3, 0.4) is 0 Å². The van der Waals surface area contributed by atoms with Crippen LogP contribution in [0.2, 0.25) is 5.02 Å². The summed E-state index contributed by atoms with van der Waals surface area (Å²) >= 11 is 7.26. The van der Waals surface area contributed by atoms with Crippen molar-refractivity contribution in [1.29, 1.82) is 0 Å². The van der Waals surface area contributed by atoms with Crippen LogP contribution in [0.5, 0.6) is 0 Å². The second kappa shape index (κ2) is 8.12. The maximum Gasteiger partial charge on any atom is 0.230 e. The Kier molecular flexibility index (Phi) is 5.65. The van der Waals surface area contributed by atoms with Crippen molar-refractivity contribution < 1.29 is 9.59 Å². The fraction of sp³-hybridized carbons (Fsp3) is 0.105. The minimum absolute atomic E-state index is 0.129. The number of benzene rings is 2. The number of carbonyl (C=O) groups excluding carboxylic acids is 2. The quantitative estimate of drug-likeness (QED) is 0.674. The van der Waals surface area contributed by atoms with Crippen LogP contribution in [0.1, 0.15) is 12.5 Å². The minimum atomic E-state index is -0.144. The minimum Gasteiger partial charge on any atom is -0.326 e. The molecule has 0 atom stereocenters. The van der Waals surface area contributed by atoms with Gasteiger partial charge in [-0.3, -0.25) is 9.59 Å². The summed E-state index contributed by atoms with van der Waals surface area (Å²) in [6.07, 6.45) is 0.232. The highest BCUT2D eigenvalue weighted by atomic mass is 35.5. The average molecular weight is 386 g/mol. The zero-order valence-electron chi connectivity index (χ0n) is 14.0. The number of nitrogens with one attached hydrogen (secondary N) is 2. The first kappa shape index (κ1) is 18.1. The lowest BCUT2D eigenvalue weighted by atomic mass is 10.1. The van der Waals surface area contributed by atoms with E-state index in [9.17, 15) is 9.59 Å². The highest BCUT2D eigenvalue weighted by Crippen LogP contribution is 2.26. The number of aromatic nitrogens is 1. The van der Waals surface area contributed by atoms with Gasteiger partial charge >= 0.3 is 0 Å². The molecule has 2 N–H and O–H groups in total. The molecular formula is C19H16ClN3O2S. The Labute approximate surface area is 160 Å². The van der Waals surface area contributed by atoms with Gasteiger partial charge in [0.25, 0.3) is 0 Å². The molecule has 7 heteroatoms. The molecule has 1 heterocycles. The van der Waals surface area contributed by atoms with E-state index >= 15 is 0 Å². The summed E-state index contributed by atoms with van der Waals surface area (Å²) in [5.41, 5.74) is 3.29. The molecule has 26 heavy (non-hydrogen) atoms. The third-order valence-corrected chi connectivity index (χ3v) is 4.54. The van der Waals surface area contributed by atoms with Crippen LogP contribution in [0, 0.1) is 0 Å². The molecule has 0 saturated carbocycles.